The van der Waals surface area contributed by atoms with Crippen LogP contribution in [0.3, 0.4) is 0 Å². The van der Waals surface area contributed by atoms with Crippen LogP contribution < -0.4 is 0 Å². The predicted molar refractivity (Wildman–Crippen MR) is 73.4 cm³/mol. The summed E-state index contributed by atoms with van der Waals surface area (Å²) in [5.74, 6) is 0. The van der Waals surface area contributed by atoms with E-state index in [4.69, 9.17) is 0 Å². The minimum absolute atomic E-state index is 0.119. The van der Waals surface area contributed by atoms with Gasteiger partial charge in [-0.2, -0.15) is 0 Å². The first kappa shape index (κ1) is 14.6. The molecule has 0 spiro atoms. The first-order valence-electron chi connectivity index (χ1n) is 5.94. The van der Waals surface area contributed by atoms with Gasteiger partial charge in [-0.15, -0.1) is 11.3 Å². The second kappa shape index (κ2) is 5.04. The maximum absolute atomic E-state index is 9.32. The lowest BCUT2D eigenvalue weighted by Crippen LogP contribution is -2.43. The Labute approximate surface area is 108 Å². The van der Waals surface area contributed by atoms with Gasteiger partial charge >= 0.3 is 0 Å². The van der Waals surface area contributed by atoms with Crippen molar-refractivity contribution >= 4 is 11.3 Å². The van der Waals surface area contributed by atoms with Gasteiger partial charge in [0.1, 0.15) is 0 Å². The molecule has 1 heterocycles. The van der Waals surface area contributed by atoms with Crippen LogP contribution in [-0.2, 0) is 12.0 Å². The smallest absolute Gasteiger partial charge is 0.0982 e. The standard InChI is InChI=1S/C13H24N2OS/c1-12(2,3)11-14-10(8-17-11)7-15(6)13(4,5)9-16/h8,16H,7,9H2,1-6H3. The zero-order valence-electron chi connectivity index (χ0n) is 11.7. The minimum atomic E-state index is -0.203. The monoisotopic (exact) mass is 256 g/mol. The molecule has 0 aliphatic carbocycles. The Morgan fingerprint density at radius 1 is 1.29 bits per heavy atom. The van der Waals surface area contributed by atoms with Crippen LogP contribution in [0.1, 0.15) is 45.3 Å². The number of rotatable bonds is 4. The molecule has 1 aromatic heterocycles. The molecule has 1 rings (SSSR count). The van der Waals surface area contributed by atoms with Crippen LogP contribution in [-0.4, -0.2) is 34.2 Å². The fourth-order valence-electron chi connectivity index (χ4n) is 1.30. The van der Waals surface area contributed by atoms with Crippen molar-refractivity contribution in [1.29, 1.82) is 0 Å². The van der Waals surface area contributed by atoms with Gasteiger partial charge in [0, 0.05) is 22.9 Å². The van der Waals surface area contributed by atoms with Crippen molar-refractivity contribution in [2.45, 2.75) is 52.1 Å². The summed E-state index contributed by atoms with van der Waals surface area (Å²) in [6.45, 7) is 11.5. The largest absolute Gasteiger partial charge is 0.394 e. The third kappa shape index (κ3) is 3.76. The average Bonchev–Trinajstić information content (AvgIpc) is 2.65. The molecule has 0 unspecified atom stereocenters. The lowest BCUT2D eigenvalue weighted by Gasteiger charge is -2.33. The molecular formula is C13H24N2OS. The van der Waals surface area contributed by atoms with E-state index >= 15 is 0 Å². The summed E-state index contributed by atoms with van der Waals surface area (Å²) in [6, 6.07) is 0. The van der Waals surface area contributed by atoms with Crippen LogP contribution in [0.15, 0.2) is 5.38 Å². The summed E-state index contributed by atoms with van der Waals surface area (Å²) < 4.78 is 0. The van der Waals surface area contributed by atoms with Gasteiger partial charge in [-0.05, 0) is 20.9 Å². The normalized spacial score (nSPS) is 13.4. The van der Waals surface area contributed by atoms with E-state index in [-0.39, 0.29) is 17.6 Å². The fraction of sp³-hybridized carbons (Fsp3) is 0.769. The zero-order chi connectivity index (χ0) is 13.3. The van der Waals surface area contributed by atoms with Crippen molar-refractivity contribution in [2.75, 3.05) is 13.7 Å². The van der Waals surface area contributed by atoms with E-state index in [1.165, 1.54) is 5.01 Å². The Balaban J connectivity index is 2.74. The fourth-order valence-corrected chi connectivity index (χ4v) is 2.20. The highest BCUT2D eigenvalue weighted by atomic mass is 32.1. The number of likely N-dealkylation sites (N-methyl/N-ethyl adjacent to an activating group) is 1. The Kier molecular flexibility index (Phi) is 4.33. The van der Waals surface area contributed by atoms with Crippen LogP contribution in [0.25, 0.3) is 0 Å². The van der Waals surface area contributed by atoms with Crippen molar-refractivity contribution in [1.82, 2.24) is 9.88 Å². The van der Waals surface area contributed by atoms with Gasteiger partial charge in [-0.3, -0.25) is 4.90 Å². The van der Waals surface area contributed by atoms with E-state index in [0.29, 0.717) is 0 Å². The van der Waals surface area contributed by atoms with Gasteiger partial charge in [0.2, 0.25) is 0 Å². The number of hydrogen-bond acceptors (Lipinski definition) is 4. The van der Waals surface area contributed by atoms with Gasteiger partial charge in [-0.1, -0.05) is 20.8 Å². The quantitative estimate of drug-likeness (QED) is 0.899. The Morgan fingerprint density at radius 2 is 1.88 bits per heavy atom. The molecule has 1 N–H and O–H groups in total. The molecule has 0 atom stereocenters. The number of thiazole rings is 1. The number of aliphatic hydroxyl groups excluding tert-OH is 1. The summed E-state index contributed by atoms with van der Waals surface area (Å²) in [5, 5.41) is 12.6. The number of nitrogens with zero attached hydrogens (tertiary/aromatic N) is 2. The molecule has 1 aromatic rings. The minimum Gasteiger partial charge on any atom is -0.394 e. The molecule has 0 aliphatic rings. The van der Waals surface area contributed by atoms with E-state index in [2.05, 4.69) is 36.0 Å². The van der Waals surface area contributed by atoms with Crippen LogP contribution in [0.4, 0.5) is 0 Å². The third-order valence-corrected chi connectivity index (χ3v) is 4.33. The molecule has 0 amide bonds. The van der Waals surface area contributed by atoms with Crippen LogP contribution in [0, 0.1) is 0 Å². The van der Waals surface area contributed by atoms with Crippen LogP contribution in [0.5, 0.6) is 0 Å². The zero-order valence-corrected chi connectivity index (χ0v) is 12.6. The molecule has 0 fully saturated rings. The summed E-state index contributed by atoms with van der Waals surface area (Å²) in [6.07, 6.45) is 0. The first-order valence-corrected chi connectivity index (χ1v) is 6.82. The third-order valence-electron chi connectivity index (χ3n) is 3.01. The van der Waals surface area contributed by atoms with E-state index in [0.717, 1.165) is 12.2 Å². The predicted octanol–water partition coefficient (Wildman–Crippen LogP) is 2.64. The van der Waals surface area contributed by atoms with E-state index in [1.807, 2.05) is 20.9 Å². The Morgan fingerprint density at radius 3 is 2.29 bits per heavy atom. The molecule has 98 valence electrons. The summed E-state index contributed by atoms with van der Waals surface area (Å²) in [7, 11) is 2.02. The lowest BCUT2D eigenvalue weighted by molar-refractivity contribution is 0.0725. The van der Waals surface area contributed by atoms with Crippen molar-refractivity contribution < 1.29 is 5.11 Å². The molecule has 0 bridgehead atoms. The number of aliphatic hydroxyl groups is 1. The summed E-state index contributed by atoms with van der Waals surface area (Å²) >= 11 is 1.72. The van der Waals surface area contributed by atoms with Gasteiger partial charge in [0.05, 0.1) is 17.3 Å². The van der Waals surface area contributed by atoms with Crippen LogP contribution in [0.2, 0.25) is 0 Å². The molecule has 0 aromatic carbocycles. The molecule has 0 saturated carbocycles. The lowest BCUT2D eigenvalue weighted by atomic mass is 9.98. The van der Waals surface area contributed by atoms with E-state index in [9.17, 15) is 5.11 Å². The first-order chi connectivity index (χ1) is 7.66. The Hall–Kier alpha value is -0.450. The number of aromatic nitrogens is 1. The SMILES string of the molecule is CN(Cc1csc(C(C)(C)C)n1)C(C)(C)CO. The van der Waals surface area contributed by atoms with E-state index < -0.39 is 0 Å². The Bertz CT molecular complexity index is 366. The highest BCUT2D eigenvalue weighted by Gasteiger charge is 2.24. The highest BCUT2D eigenvalue weighted by molar-refractivity contribution is 7.09. The van der Waals surface area contributed by atoms with Crippen molar-refractivity contribution in [3.05, 3.63) is 16.1 Å². The van der Waals surface area contributed by atoms with Gasteiger partial charge < -0.3 is 5.11 Å². The highest BCUT2D eigenvalue weighted by Crippen LogP contribution is 2.26. The molecule has 0 aliphatic heterocycles. The molecule has 4 heteroatoms. The maximum Gasteiger partial charge on any atom is 0.0982 e. The number of hydrogen-bond donors (Lipinski definition) is 1. The second-order valence-electron chi connectivity index (χ2n) is 6.22. The van der Waals surface area contributed by atoms with Crippen molar-refractivity contribution in [3.63, 3.8) is 0 Å². The second-order valence-corrected chi connectivity index (χ2v) is 7.08. The van der Waals surface area contributed by atoms with Gasteiger partial charge in [-0.25, -0.2) is 4.98 Å². The molecule has 17 heavy (non-hydrogen) atoms. The summed E-state index contributed by atoms with van der Waals surface area (Å²) in [5.41, 5.74) is 1.00. The molecular weight excluding hydrogens is 232 g/mol. The van der Waals surface area contributed by atoms with Crippen molar-refractivity contribution in [2.24, 2.45) is 0 Å². The van der Waals surface area contributed by atoms with E-state index in [1.54, 1.807) is 11.3 Å². The molecule has 3 nitrogen and oxygen atoms in total. The maximum atomic E-state index is 9.32. The summed E-state index contributed by atoms with van der Waals surface area (Å²) in [4.78, 5) is 6.80. The van der Waals surface area contributed by atoms with Gasteiger partial charge in [0.25, 0.3) is 0 Å². The topological polar surface area (TPSA) is 36.4 Å². The van der Waals surface area contributed by atoms with Crippen molar-refractivity contribution in [3.8, 4) is 0 Å². The van der Waals surface area contributed by atoms with Gasteiger partial charge in [0.15, 0.2) is 0 Å². The van der Waals surface area contributed by atoms with Crippen LogP contribution >= 0.6 is 11.3 Å². The molecule has 0 saturated heterocycles. The average molecular weight is 256 g/mol. The molecule has 0 radical (unpaired) electrons.